The van der Waals surface area contributed by atoms with Gasteiger partial charge in [-0.05, 0) is 43.5 Å². The fourth-order valence-electron chi connectivity index (χ4n) is 3.90. The molecule has 3 heterocycles. The molecule has 138 valence electrons. The lowest BCUT2D eigenvalue weighted by Crippen LogP contribution is -2.36. The number of hydrogen-bond donors (Lipinski definition) is 0. The van der Waals surface area contributed by atoms with Crippen LogP contribution >= 0.6 is 0 Å². The van der Waals surface area contributed by atoms with Gasteiger partial charge in [0.1, 0.15) is 0 Å². The Bertz CT molecular complexity index is 723. The van der Waals surface area contributed by atoms with Crippen molar-refractivity contribution >= 4 is 11.6 Å². The van der Waals surface area contributed by atoms with Gasteiger partial charge < -0.3 is 14.5 Å². The van der Waals surface area contributed by atoms with Crippen LogP contribution in [0.1, 0.15) is 35.7 Å². The molecule has 1 atom stereocenters. The van der Waals surface area contributed by atoms with Crippen LogP contribution in [0.15, 0.2) is 36.7 Å². The number of piperidine rings is 1. The van der Waals surface area contributed by atoms with Gasteiger partial charge in [0, 0.05) is 50.7 Å². The maximum Gasteiger partial charge on any atom is 0.253 e. The SMILES string of the molecule is COC1CCN(c2ccc(C(=O)N3CCC(n4ccnn4)C3)cc2)CC1. The van der Waals surface area contributed by atoms with E-state index in [0.717, 1.165) is 44.5 Å². The van der Waals surface area contributed by atoms with Crippen LogP contribution in [0.5, 0.6) is 0 Å². The van der Waals surface area contributed by atoms with Gasteiger partial charge in [0.15, 0.2) is 0 Å². The van der Waals surface area contributed by atoms with Crippen molar-refractivity contribution in [2.24, 2.45) is 0 Å². The van der Waals surface area contributed by atoms with E-state index >= 15 is 0 Å². The van der Waals surface area contributed by atoms with Crippen LogP contribution in [-0.2, 0) is 4.74 Å². The summed E-state index contributed by atoms with van der Waals surface area (Å²) in [6.07, 6.45) is 6.93. The number of benzene rings is 1. The Labute approximate surface area is 153 Å². The van der Waals surface area contributed by atoms with Crippen molar-refractivity contribution in [3.05, 3.63) is 42.2 Å². The molecule has 1 aromatic heterocycles. The van der Waals surface area contributed by atoms with Gasteiger partial charge in [0.25, 0.3) is 5.91 Å². The zero-order chi connectivity index (χ0) is 17.9. The molecule has 0 spiro atoms. The van der Waals surface area contributed by atoms with Crippen molar-refractivity contribution in [3.8, 4) is 0 Å². The van der Waals surface area contributed by atoms with Crippen molar-refractivity contribution in [3.63, 3.8) is 0 Å². The summed E-state index contributed by atoms with van der Waals surface area (Å²) < 4.78 is 7.28. The Balaban J connectivity index is 1.37. The van der Waals surface area contributed by atoms with Gasteiger partial charge in [-0.1, -0.05) is 5.21 Å². The van der Waals surface area contributed by atoms with Gasteiger partial charge >= 0.3 is 0 Å². The maximum atomic E-state index is 12.8. The Morgan fingerprint density at radius 2 is 1.88 bits per heavy atom. The third-order valence-electron chi connectivity index (χ3n) is 5.52. The number of amides is 1. The van der Waals surface area contributed by atoms with Gasteiger partial charge in [0.05, 0.1) is 18.3 Å². The largest absolute Gasteiger partial charge is 0.381 e. The number of carbonyl (C=O) groups is 1. The first-order chi connectivity index (χ1) is 12.7. The van der Waals surface area contributed by atoms with Crippen LogP contribution in [0.2, 0.25) is 0 Å². The van der Waals surface area contributed by atoms with E-state index in [4.69, 9.17) is 4.74 Å². The van der Waals surface area contributed by atoms with E-state index in [1.807, 2.05) is 27.9 Å². The summed E-state index contributed by atoms with van der Waals surface area (Å²) >= 11 is 0. The number of nitrogens with zero attached hydrogens (tertiary/aromatic N) is 5. The number of likely N-dealkylation sites (tertiary alicyclic amines) is 1. The van der Waals surface area contributed by atoms with Crippen LogP contribution in [0.3, 0.4) is 0 Å². The molecule has 0 saturated carbocycles. The predicted octanol–water partition coefficient (Wildman–Crippen LogP) is 1.98. The normalized spacial score (nSPS) is 21.3. The number of carbonyl (C=O) groups excluding carboxylic acids is 1. The van der Waals surface area contributed by atoms with Crippen LogP contribution in [0.25, 0.3) is 0 Å². The minimum absolute atomic E-state index is 0.0947. The molecule has 2 fully saturated rings. The van der Waals surface area contributed by atoms with E-state index in [9.17, 15) is 4.79 Å². The lowest BCUT2D eigenvalue weighted by molar-refractivity contribution is 0.0787. The molecule has 4 rings (SSSR count). The first-order valence-corrected chi connectivity index (χ1v) is 9.27. The van der Waals surface area contributed by atoms with Crippen molar-refractivity contribution < 1.29 is 9.53 Å². The molecule has 0 aliphatic carbocycles. The zero-order valence-corrected chi connectivity index (χ0v) is 15.1. The number of aromatic nitrogens is 3. The van der Waals surface area contributed by atoms with Crippen LogP contribution in [0.4, 0.5) is 5.69 Å². The summed E-state index contributed by atoms with van der Waals surface area (Å²) in [7, 11) is 1.78. The molecule has 2 saturated heterocycles. The molecule has 1 amide bonds. The lowest BCUT2D eigenvalue weighted by atomic mass is 10.1. The van der Waals surface area contributed by atoms with Crippen molar-refractivity contribution in [2.75, 3.05) is 38.2 Å². The molecular formula is C19H25N5O2. The van der Waals surface area contributed by atoms with Crippen molar-refractivity contribution in [1.29, 1.82) is 0 Å². The van der Waals surface area contributed by atoms with E-state index in [1.165, 1.54) is 5.69 Å². The number of anilines is 1. The summed E-state index contributed by atoms with van der Waals surface area (Å²) in [6, 6.07) is 8.24. The highest BCUT2D eigenvalue weighted by molar-refractivity contribution is 5.94. The second-order valence-electron chi connectivity index (χ2n) is 7.05. The number of hydrogen-bond acceptors (Lipinski definition) is 5. The Morgan fingerprint density at radius 1 is 1.12 bits per heavy atom. The third-order valence-corrected chi connectivity index (χ3v) is 5.52. The van der Waals surface area contributed by atoms with Gasteiger partial charge in [0.2, 0.25) is 0 Å². The van der Waals surface area contributed by atoms with Gasteiger partial charge in [-0.15, -0.1) is 5.10 Å². The molecule has 0 bridgehead atoms. The quantitative estimate of drug-likeness (QED) is 0.839. The molecule has 7 nitrogen and oxygen atoms in total. The van der Waals surface area contributed by atoms with E-state index in [2.05, 4.69) is 27.3 Å². The molecule has 26 heavy (non-hydrogen) atoms. The van der Waals surface area contributed by atoms with Gasteiger partial charge in [-0.2, -0.15) is 0 Å². The van der Waals surface area contributed by atoms with Crippen LogP contribution in [-0.4, -0.2) is 65.2 Å². The average molecular weight is 355 g/mol. The second-order valence-corrected chi connectivity index (χ2v) is 7.05. The third kappa shape index (κ3) is 3.44. The van der Waals surface area contributed by atoms with Crippen molar-refractivity contribution in [2.45, 2.75) is 31.4 Å². The van der Waals surface area contributed by atoms with Crippen molar-refractivity contribution in [1.82, 2.24) is 19.9 Å². The molecule has 0 radical (unpaired) electrons. The summed E-state index contributed by atoms with van der Waals surface area (Å²) in [5.41, 5.74) is 1.93. The molecule has 2 aliphatic rings. The highest BCUT2D eigenvalue weighted by Gasteiger charge is 2.28. The Morgan fingerprint density at radius 3 is 2.54 bits per heavy atom. The summed E-state index contributed by atoms with van der Waals surface area (Å²) in [6.45, 7) is 3.44. The zero-order valence-electron chi connectivity index (χ0n) is 15.1. The molecule has 7 heteroatoms. The molecule has 2 aromatic rings. The molecule has 1 unspecified atom stereocenters. The maximum absolute atomic E-state index is 12.8. The number of rotatable bonds is 4. The monoisotopic (exact) mass is 355 g/mol. The fraction of sp³-hybridized carbons (Fsp3) is 0.526. The minimum atomic E-state index is 0.0947. The topological polar surface area (TPSA) is 63.5 Å². The first-order valence-electron chi connectivity index (χ1n) is 9.27. The number of methoxy groups -OCH3 is 1. The highest BCUT2D eigenvalue weighted by Crippen LogP contribution is 2.24. The van der Waals surface area contributed by atoms with Gasteiger partial charge in [-0.25, -0.2) is 4.68 Å². The molecular weight excluding hydrogens is 330 g/mol. The van der Waals surface area contributed by atoms with Gasteiger partial charge in [-0.3, -0.25) is 4.79 Å². The predicted molar refractivity (Wildman–Crippen MR) is 98.3 cm³/mol. The smallest absolute Gasteiger partial charge is 0.253 e. The summed E-state index contributed by atoms with van der Waals surface area (Å²) in [5, 5.41) is 7.91. The molecule has 1 aromatic carbocycles. The summed E-state index contributed by atoms with van der Waals surface area (Å²) in [5.74, 6) is 0.0947. The van der Waals surface area contributed by atoms with E-state index < -0.39 is 0 Å². The fourth-order valence-corrected chi connectivity index (χ4v) is 3.90. The standard InChI is InChI=1S/C19H25N5O2/c1-26-18-7-11-22(12-8-18)16-4-2-15(3-5-16)19(25)23-10-6-17(14-23)24-13-9-20-21-24/h2-5,9,13,17-18H,6-8,10-12,14H2,1H3. The Kier molecular flexibility index (Phi) is 4.88. The highest BCUT2D eigenvalue weighted by atomic mass is 16.5. The Hall–Kier alpha value is -2.41. The first kappa shape index (κ1) is 17.0. The lowest BCUT2D eigenvalue weighted by Gasteiger charge is -2.33. The van der Waals surface area contributed by atoms with E-state index in [1.54, 1.807) is 13.3 Å². The molecule has 0 N–H and O–H groups in total. The second kappa shape index (κ2) is 7.45. The van der Waals surface area contributed by atoms with E-state index in [-0.39, 0.29) is 11.9 Å². The van der Waals surface area contributed by atoms with Crippen LogP contribution < -0.4 is 4.90 Å². The average Bonchev–Trinajstić information content (AvgIpc) is 3.39. The van der Waals surface area contributed by atoms with E-state index in [0.29, 0.717) is 12.6 Å². The minimum Gasteiger partial charge on any atom is -0.381 e. The molecule has 2 aliphatic heterocycles. The summed E-state index contributed by atoms with van der Waals surface area (Å²) in [4.78, 5) is 17.1. The van der Waals surface area contributed by atoms with Crippen LogP contribution in [0, 0.1) is 0 Å². The number of ether oxygens (including phenoxy) is 1.